The lowest BCUT2D eigenvalue weighted by atomic mass is 10.0. The number of amides is 2. The summed E-state index contributed by atoms with van der Waals surface area (Å²) < 4.78 is 0. The van der Waals surface area contributed by atoms with Crippen LogP contribution >= 0.6 is 0 Å². The minimum absolute atomic E-state index is 0.0571. The van der Waals surface area contributed by atoms with E-state index < -0.39 is 0 Å². The van der Waals surface area contributed by atoms with Crippen LogP contribution in [-0.2, 0) is 9.59 Å². The Labute approximate surface area is 116 Å². The highest BCUT2D eigenvalue weighted by Crippen LogP contribution is 2.08. The van der Waals surface area contributed by atoms with Gasteiger partial charge in [0.15, 0.2) is 0 Å². The first-order chi connectivity index (χ1) is 8.94. The topological polar surface area (TPSA) is 61.4 Å². The second-order valence-electron chi connectivity index (χ2n) is 5.83. The summed E-state index contributed by atoms with van der Waals surface area (Å²) in [6.45, 7) is 8.18. The Morgan fingerprint density at radius 2 is 1.74 bits per heavy atom. The Kier molecular flexibility index (Phi) is 6.28. The third-order valence-corrected chi connectivity index (χ3v) is 3.63. The van der Waals surface area contributed by atoms with Crippen LogP contribution < -0.4 is 10.6 Å². The molecular weight excluding hydrogens is 242 g/mol. The molecule has 2 amide bonds. The van der Waals surface area contributed by atoms with Crippen molar-refractivity contribution in [2.75, 3.05) is 26.2 Å². The Hall–Kier alpha value is -1.10. The highest BCUT2D eigenvalue weighted by molar-refractivity contribution is 5.81. The number of likely N-dealkylation sites (tertiary alicyclic amines) is 1. The van der Waals surface area contributed by atoms with Crippen molar-refractivity contribution < 1.29 is 9.59 Å². The third-order valence-electron chi connectivity index (χ3n) is 3.63. The molecule has 0 aromatic heterocycles. The fraction of sp³-hybridized carbons (Fsp3) is 0.857. The van der Waals surface area contributed by atoms with Crippen molar-refractivity contribution in [1.82, 2.24) is 15.5 Å². The number of nitrogens with zero attached hydrogens (tertiary/aromatic N) is 1. The number of piperidine rings is 1. The van der Waals surface area contributed by atoms with Crippen LogP contribution in [0.2, 0.25) is 0 Å². The van der Waals surface area contributed by atoms with E-state index in [0.717, 1.165) is 32.4 Å². The van der Waals surface area contributed by atoms with Gasteiger partial charge in [0, 0.05) is 18.6 Å². The van der Waals surface area contributed by atoms with Gasteiger partial charge in [0.05, 0.1) is 13.1 Å². The summed E-state index contributed by atoms with van der Waals surface area (Å²) in [6, 6.07) is 0. The molecule has 2 N–H and O–H groups in total. The van der Waals surface area contributed by atoms with Gasteiger partial charge in [0.2, 0.25) is 11.8 Å². The summed E-state index contributed by atoms with van der Waals surface area (Å²) >= 11 is 0. The molecule has 1 saturated heterocycles. The van der Waals surface area contributed by atoms with E-state index in [2.05, 4.69) is 10.6 Å². The fourth-order valence-corrected chi connectivity index (χ4v) is 2.05. The summed E-state index contributed by atoms with van der Waals surface area (Å²) in [4.78, 5) is 25.4. The SMILES string of the molecule is CCC(C)(C)NC(=O)CNCC(=O)N1CCCCC1. The van der Waals surface area contributed by atoms with Crippen LogP contribution in [0.15, 0.2) is 0 Å². The maximum atomic E-state index is 11.9. The number of carbonyl (C=O) groups is 2. The molecule has 1 aliphatic heterocycles. The maximum Gasteiger partial charge on any atom is 0.236 e. The van der Waals surface area contributed by atoms with E-state index in [1.54, 1.807) is 0 Å². The second kappa shape index (κ2) is 7.48. The van der Waals surface area contributed by atoms with Crippen LogP contribution in [0.1, 0.15) is 46.5 Å². The lowest BCUT2D eigenvalue weighted by molar-refractivity contribution is -0.131. The van der Waals surface area contributed by atoms with Crippen LogP contribution in [0.3, 0.4) is 0 Å². The number of hydrogen-bond acceptors (Lipinski definition) is 3. The smallest absolute Gasteiger partial charge is 0.236 e. The van der Waals surface area contributed by atoms with Crippen molar-refractivity contribution >= 4 is 11.8 Å². The van der Waals surface area contributed by atoms with Gasteiger partial charge >= 0.3 is 0 Å². The molecule has 0 saturated carbocycles. The zero-order chi connectivity index (χ0) is 14.3. The molecule has 5 heteroatoms. The van der Waals surface area contributed by atoms with E-state index in [-0.39, 0.29) is 30.4 Å². The van der Waals surface area contributed by atoms with E-state index in [9.17, 15) is 9.59 Å². The van der Waals surface area contributed by atoms with Crippen molar-refractivity contribution in [3.8, 4) is 0 Å². The molecule has 1 aliphatic rings. The Morgan fingerprint density at radius 3 is 2.32 bits per heavy atom. The molecule has 1 fully saturated rings. The first kappa shape index (κ1) is 16.0. The van der Waals surface area contributed by atoms with Crippen LogP contribution in [0.25, 0.3) is 0 Å². The van der Waals surface area contributed by atoms with Crippen LogP contribution in [0, 0.1) is 0 Å². The second-order valence-corrected chi connectivity index (χ2v) is 5.83. The number of carbonyl (C=O) groups excluding carboxylic acids is 2. The molecule has 0 bridgehead atoms. The predicted octanol–water partition coefficient (Wildman–Crippen LogP) is 0.893. The molecule has 0 radical (unpaired) electrons. The molecule has 1 rings (SSSR count). The van der Waals surface area contributed by atoms with E-state index in [0.29, 0.717) is 0 Å². The summed E-state index contributed by atoms with van der Waals surface area (Å²) in [7, 11) is 0. The zero-order valence-electron chi connectivity index (χ0n) is 12.4. The van der Waals surface area contributed by atoms with Crippen LogP contribution in [0.5, 0.6) is 0 Å². The fourth-order valence-electron chi connectivity index (χ4n) is 2.05. The first-order valence-corrected chi connectivity index (χ1v) is 7.24. The average molecular weight is 269 g/mol. The monoisotopic (exact) mass is 269 g/mol. The molecule has 1 heterocycles. The molecule has 0 atom stereocenters. The van der Waals surface area contributed by atoms with Crippen molar-refractivity contribution in [1.29, 1.82) is 0 Å². The van der Waals surface area contributed by atoms with Gasteiger partial charge in [0.1, 0.15) is 0 Å². The normalized spacial score (nSPS) is 16.3. The van der Waals surface area contributed by atoms with E-state index in [1.807, 2.05) is 25.7 Å². The summed E-state index contributed by atoms with van der Waals surface area (Å²) in [5.74, 6) is 0.0422. The van der Waals surface area contributed by atoms with Crippen molar-refractivity contribution in [2.45, 2.75) is 52.0 Å². The highest BCUT2D eigenvalue weighted by atomic mass is 16.2. The maximum absolute atomic E-state index is 11.9. The van der Waals surface area contributed by atoms with Crippen LogP contribution in [0.4, 0.5) is 0 Å². The lowest BCUT2D eigenvalue weighted by Gasteiger charge is -2.27. The van der Waals surface area contributed by atoms with E-state index in [4.69, 9.17) is 0 Å². The van der Waals surface area contributed by atoms with Crippen molar-refractivity contribution in [2.24, 2.45) is 0 Å². The predicted molar refractivity (Wildman–Crippen MR) is 75.8 cm³/mol. The van der Waals surface area contributed by atoms with Crippen LogP contribution in [-0.4, -0.2) is 48.4 Å². The summed E-state index contributed by atoms with van der Waals surface area (Å²) in [6.07, 6.45) is 4.28. The van der Waals surface area contributed by atoms with Gasteiger partial charge in [-0.05, 0) is 39.5 Å². The van der Waals surface area contributed by atoms with Gasteiger partial charge in [-0.1, -0.05) is 6.92 Å². The lowest BCUT2D eigenvalue weighted by Crippen LogP contribution is -2.48. The minimum atomic E-state index is -0.185. The molecular formula is C14H27N3O2. The molecule has 19 heavy (non-hydrogen) atoms. The molecule has 110 valence electrons. The summed E-state index contributed by atoms with van der Waals surface area (Å²) in [5.41, 5.74) is -0.185. The Bertz CT molecular complexity index is 310. The number of hydrogen-bond donors (Lipinski definition) is 2. The first-order valence-electron chi connectivity index (χ1n) is 7.24. The molecule has 0 spiro atoms. The molecule has 0 unspecified atom stereocenters. The molecule has 5 nitrogen and oxygen atoms in total. The minimum Gasteiger partial charge on any atom is -0.350 e. The van der Waals surface area contributed by atoms with Gasteiger partial charge in [-0.15, -0.1) is 0 Å². The van der Waals surface area contributed by atoms with Gasteiger partial charge in [-0.25, -0.2) is 0 Å². The molecule has 0 aromatic rings. The van der Waals surface area contributed by atoms with Gasteiger partial charge in [-0.3, -0.25) is 14.9 Å². The quantitative estimate of drug-likeness (QED) is 0.753. The van der Waals surface area contributed by atoms with Gasteiger partial charge in [0.25, 0.3) is 0 Å². The van der Waals surface area contributed by atoms with Gasteiger partial charge < -0.3 is 10.2 Å². The van der Waals surface area contributed by atoms with E-state index in [1.165, 1.54) is 6.42 Å². The summed E-state index contributed by atoms with van der Waals surface area (Å²) in [5, 5.41) is 5.86. The number of rotatable bonds is 6. The third kappa shape index (κ3) is 6.05. The highest BCUT2D eigenvalue weighted by Gasteiger charge is 2.19. The van der Waals surface area contributed by atoms with Crippen molar-refractivity contribution in [3.05, 3.63) is 0 Å². The van der Waals surface area contributed by atoms with Gasteiger partial charge in [-0.2, -0.15) is 0 Å². The Morgan fingerprint density at radius 1 is 1.11 bits per heavy atom. The number of nitrogens with one attached hydrogen (secondary N) is 2. The van der Waals surface area contributed by atoms with E-state index >= 15 is 0 Å². The average Bonchev–Trinajstić information content (AvgIpc) is 2.39. The zero-order valence-corrected chi connectivity index (χ0v) is 12.4. The molecule has 0 aromatic carbocycles. The molecule has 0 aliphatic carbocycles. The standard InChI is InChI=1S/C14H27N3O2/c1-4-14(2,3)16-12(18)10-15-11-13(19)17-8-6-5-7-9-17/h15H,4-11H2,1-3H3,(H,16,18). The largest absolute Gasteiger partial charge is 0.350 e. The van der Waals surface area contributed by atoms with Crippen molar-refractivity contribution in [3.63, 3.8) is 0 Å². The Balaban J connectivity index is 2.19.